The average molecular weight is 326 g/mol. The summed E-state index contributed by atoms with van der Waals surface area (Å²) in [4.78, 5) is 27.1. The molecule has 0 saturated heterocycles. The second-order valence-electron chi connectivity index (χ2n) is 6.13. The van der Waals surface area contributed by atoms with Crippen LogP contribution in [0.2, 0.25) is 0 Å². The molecule has 1 aliphatic heterocycles. The summed E-state index contributed by atoms with van der Waals surface area (Å²) in [6.45, 7) is 3.85. The number of hydrogen-bond donors (Lipinski definition) is 0. The van der Waals surface area contributed by atoms with Gasteiger partial charge in [0.25, 0.3) is 0 Å². The molecule has 0 N–H and O–H groups in total. The molecule has 6 nitrogen and oxygen atoms in total. The van der Waals surface area contributed by atoms with Gasteiger partial charge in [0.15, 0.2) is 5.78 Å². The number of rotatable bonds is 1. The van der Waals surface area contributed by atoms with E-state index in [0.717, 1.165) is 0 Å². The third kappa shape index (κ3) is 2.12. The smallest absolute Gasteiger partial charge is 0.245 e. The van der Waals surface area contributed by atoms with E-state index in [4.69, 9.17) is 0 Å². The molecule has 2 aliphatic rings. The van der Waals surface area contributed by atoms with Gasteiger partial charge in [-0.25, -0.2) is 0 Å². The molecule has 2 atom stereocenters. The third-order valence-electron chi connectivity index (χ3n) is 4.38. The average Bonchev–Trinajstić information content (AvgIpc) is 2.54. The number of amides is 1. The maximum absolute atomic E-state index is 13.1. The van der Waals surface area contributed by atoms with E-state index in [1.807, 2.05) is 12.1 Å². The molecular formula is C16H15N4O2P. The van der Waals surface area contributed by atoms with Crippen molar-refractivity contribution in [3.05, 3.63) is 41.8 Å². The summed E-state index contributed by atoms with van der Waals surface area (Å²) in [6, 6.07) is 3.62. The first-order valence-corrected chi connectivity index (χ1v) is 7.66. The fraction of sp³-hybridized carbons (Fsp3) is 0.312. The summed E-state index contributed by atoms with van der Waals surface area (Å²) < 4.78 is 0. The predicted octanol–water partition coefficient (Wildman–Crippen LogP) is 1.42. The molecule has 1 amide bonds. The van der Waals surface area contributed by atoms with Crippen molar-refractivity contribution in [2.24, 2.45) is 5.41 Å². The van der Waals surface area contributed by atoms with Crippen molar-refractivity contribution in [1.29, 1.82) is 5.26 Å². The third-order valence-corrected chi connectivity index (χ3v) is 5.11. The maximum Gasteiger partial charge on any atom is 0.245 e. The summed E-state index contributed by atoms with van der Waals surface area (Å²) in [5, 5.41) is 15.7. The molecule has 0 spiro atoms. The van der Waals surface area contributed by atoms with E-state index in [-0.39, 0.29) is 17.3 Å². The molecule has 0 aromatic carbocycles. The molecule has 0 bridgehead atoms. The number of anilines is 1. The molecule has 7 heteroatoms. The van der Waals surface area contributed by atoms with Gasteiger partial charge in [0.1, 0.15) is 11.2 Å². The maximum atomic E-state index is 13.1. The number of hydrogen-bond acceptors (Lipinski definition) is 5. The lowest BCUT2D eigenvalue weighted by Gasteiger charge is -2.46. The number of ketones is 1. The SMILES string of the molecule is CC1(C)C(=O)C(C#N)=C[C@@]2(P)C(=O)N(c3ccnnc3)CC=C12. The highest BCUT2D eigenvalue weighted by Crippen LogP contribution is 2.50. The second-order valence-corrected chi connectivity index (χ2v) is 7.04. The van der Waals surface area contributed by atoms with Gasteiger partial charge in [0, 0.05) is 6.54 Å². The van der Waals surface area contributed by atoms with Gasteiger partial charge in [0.05, 0.1) is 29.1 Å². The first-order valence-electron chi connectivity index (χ1n) is 7.09. The normalized spacial score (nSPS) is 26.1. The van der Waals surface area contributed by atoms with Crippen LogP contribution in [-0.2, 0) is 9.59 Å². The van der Waals surface area contributed by atoms with Crippen LogP contribution in [0.3, 0.4) is 0 Å². The summed E-state index contributed by atoms with van der Waals surface area (Å²) in [5.41, 5.74) is 0.469. The van der Waals surface area contributed by atoms with Crippen molar-refractivity contribution in [3.8, 4) is 6.07 Å². The lowest BCUT2D eigenvalue weighted by atomic mass is 9.66. The number of carbonyl (C=O) groups excluding carboxylic acids is 2. The first-order chi connectivity index (χ1) is 10.8. The number of carbonyl (C=O) groups is 2. The van der Waals surface area contributed by atoms with Crippen LogP contribution in [0.1, 0.15) is 13.8 Å². The van der Waals surface area contributed by atoms with Gasteiger partial charge in [-0.1, -0.05) is 6.08 Å². The van der Waals surface area contributed by atoms with Gasteiger partial charge < -0.3 is 4.90 Å². The minimum absolute atomic E-state index is 0.0187. The van der Waals surface area contributed by atoms with Crippen LogP contribution in [0.25, 0.3) is 0 Å². The lowest BCUT2D eigenvalue weighted by Crippen LogP contribution is -2.55. The highest BCUT2D eigenvalue weighted by Gasteiger charge is 2.53. The standard InChI is InChI=1S/C16H15N4O2P/c1-15(2)12-4-6-20(11-3-5-18-19-9-11)14(22)16(12,23)7-10(8-17)13(15)21/h3-5,7,9H,6,23H2,1-2H3/t16-/m0/s1. The minimum Gasteiger partial charge on any atom is -0.306 e. The van der Waals surface area contributed by atoms with E-state index >= 15 is 0 Å². The van der Waals surface area contributed by atoms with E-state index in [0.29, 0.717) is 17.8 Å². The molecule has 1 aromatic heterocycles. The van der Waals surface area contributed by atoms with Crippen molar-refractivity contribution in [1.82, 2.24) is 10.2 Å². The van der Waals surface area contributed by atoms with Gasteiger partial charge in [-0.3, -0.25) is 9.59 Å². The Balaban J connectivity index is 2.17. The zero-order chi connectivity index (χ0) is 16.8. The van der Waals surface area contributed by atoms with Crippen LogP contribution in [0.4, 0.5) is 5.69 Å². The molecular weight excluding hydrogens is 311 g/mol. The monoisotopic (exact) mass is 326 g/mol. The molecule has 0 fully saturated rings. The van der Waals surface area contributed by atoms with Gasteiger partial charge in [-0.05, 0) is 31.6 Å². The molecule has 1 unspecified atom stereocenters. The van der Waals surface area contributed by atoms with Gasteiger partial charge in [-0.2, -0.15) is 15.5 Å². The highest BCUT2D eigenvalue weighted by atomic mass is 31.0. The predicted molar refractivity (Wildman–Crippen MR) is 87.4 cm³/mol. The van der Waals surface area contributed by atoms with Gasteiger partial charge >= 0.3 is 0 Å². The lowest BCUT2D eigenvalue weighted by molar-refractivity contribution is -0.123. The topological polar surface area (TPSA) is 87.0 Å². The number of aromatic nitrogens is 2. The quantitative estimate of drug-likeness (QED) is 0.575. The molecule has 116 valence electrons. The van der Waals surface area contributed by atoms with Crippen molar-refractivity contribution < 1.29 is 9.59 Å². The summed E-state index contributed by atoms with van der Waals surface area (Å²) >= 11 is 0. The molecule has 23 heavy (non-hydrogen) atoms. The number of nitriles is 1. The van der Waals surface area contributed by atoms with Crippen molar-refractivity contribution in [3.63, 3.8) is 0 Å². The van der Waals surface area contributed by atoms with E-state index in [9.17, 15) is 14.9 Å². The van der Waals surface area contributed by atoms with Crippen molar-refractivity contribution >= 4 is 26.6 Å². The molecule has 0 saturated carbocycles. The van der Waals surface area contributed by atoms with Crippen LogP contribution in [0.15, 0.2) is 41.8 Å². The number of allylic oxidation sites excluding steroid dienone is 1. The zero-order valence-electron chi connectivity index (χ0n) is 12.8. The Hall–Kier alpha value is -2.38. The van der Waals surface area contributed by atoms with Crippen LogP contribution in [-0.4, -0.2) is 33.6 Å². The summed E-state index contributed by atoms with van der Waals surface area (Å²) in [5.74, 6) is -0.461. The Morgan fingerprint density at radius 3 is 2.70 bits per heavy atom. The second kappa shape index (κ2) is 5.07. The Kier molecular flexibility index (Phi) is 3.42. The molecule has 1 aliphatic carbocycles. The van der Waals surface area contributed by atoms with Crippen molar-refractivity contribution in [2.45, 2.75) is 19.0 Å². The van der Waals surface area contributed by atoms with Crippen LogP contribution in [0.5, 0.6) is 0 Å². The van der Waals surface area contributed by atoms with E-state index in [2.05, 4.69) is 19.4 Å². The summed E-state index contributed by atoms with van der Waals surface area (Å²) in [7, 11) is 2.53. The summed E-state index contributed by atoms with van der Waals surface area (Å²) in [6.07, 6.45) is 6.37. The van der Waals surface area contributed by atoms with Crippen molar-refractivity contribution in [2.75, 3.05) is 11.4 Å². The van der Waals surface area contributed by atoms with Crippen LogP contribution >= 0.6 is 9.24 Å². The van der Waals surface area contributed by atoms with Gasteiger partial charge in [-0.15, -0.1) is 9.24 Å². The minimum atomic E-state index is -1.09. The Morgan fingerprint density at radius 1 is 1.35 bits per heavy atom. The van der Waals surface area contributed by atoms with E-state index in [1.165, 1.54) is 18.5 Å². The highest BCUT2D eigenvalue weighted by molar-refractivity contribution is 7.22. The largest absolute Gasteiger partial charge is 0.306 e. The van der Waals surface area contributed by atoms with E-state index < -0.39 is 10.6 Å². The van der Waals surface area contributed by atoms with Crippen LogP contribution < -0.4 is 4.90 Å². The fourth-order valence-electron chi connectivity index (χ4n) is 3.19. The Morgan fingerprint density at radius 2 is 2.09 bits per heavy atom. The molecule has 2 heterocycles. The molecule has 1 aromatic rings. The number of nitrogens with zero attached hydrogens (tertiary/aromatic N) is 4. The number of fused-ring (bicyclic) bond motifs is 1. The Bertz CT molecular complexity index is 807. The fourth-order valence-corrected chi connectivity index (χ4v) is 3.99. The Labute approximate surface area is 136 Å². The molecule has 0 radical (unpaired) electrons. The zero-order valence-corrected chi connectivity index (χ0v) is 13.9. The van der Waals surface area contributed by atoms with E-state index in [1.54, 1.807) is 24.8 Å². The first kappa shape index (κ1) is 15.5. The van der Waals surface area contributed by atoms with Gasteiger partial charge in [0.2, 0.25) is 5.91 Å². The molecule has 3 rings (SSSR count). The van der Waals surface area contributed by atoms with Crippen LogP contribution in [0, 0.1) is 16.7 Å². The number of Topliss-reactive ketones (excluding diaryl/α,β-unsaturated/α-hetero) is 1.